The molecule has 0 spiro atoms. The number of hydrogen-bond donors (Lipinski definition) is 1. The molecule has 0 radical (unpaired) electrons. The van der Waals surface area contributed by atoms with Crippen LogP contribution in [0, 0.1) is 5.82 Å². The van der Waals surface area contributed by atoms with Crippen molar-refractivity contribution in [2.75, 3.05) is 11.4 Å². The van der Waals surface area contributed by atoms with E-state index in [1.165, 1.54) is 43.5 Å². The Labute approximate surface area is 143 Å². The van der Waals surface area contributed by atoms with Gasteiger partial charge in [0.15, 0.2) is 0 Å². The van der Waals surface area contributed by atoms with Crippen LogP contribution in [0.4, 0.5) is 10.1 Å². The van der Waals surface area contributed by atoms with Crippen LogP contribution in [0.25, 0.3) is 6.08 Å². The van der Waals surface area contributed by atoms with Gasteiger partial charge in [0.05, 0.1) is 12.1 Å². The molecule has 4 nitrogen and oxygen atoms in total. The zero-order valence-corrected chi connectivity index (χ0v) is 13.6. The molecule has 124 valence electrons. The number of halogens is 2. The molecule has 2 rings (SSSR count). The van der Waals surface area contributed by atoms with Crippen molar-refractivity contribution in [2.45, 2.75) is 6.92 Å². The lowest BCUT2D eigenvalue weighted by atomic mass is 10.1. The molecule has 24 heavy (non-hydrogen) atoms. The van der Waals surface area contributed by atoms with Crippen molar-refractivity contribution in [2.24, 2.45) is 0 Å². The zero-order valence-electron chi connectivity index (χ0n) is 12.9. The number of benzene rings is 2. The van der Waals surface area contributed by atoms with Gasteiger partial charge in [-0.3, -0.25) is 4.79 Å². The molecule has 0 fully saturated rings. The number of ketones is 1. The van der Waals surface area contributed by atoms with E-state index in [1.54, 1.807) is 23.1 Å². The summed E-state index contributed by atoms with van der Waals surface area (Å²) >= 11 is 5.72. The second kappa shape index (κ2) is 7.75. The quantitative estimate of drug-likeness (QED) is 0.849. The average molecular weight is 348 g/mol. The highest BCUT2D eigenvalue weighted by Crippen LogP contribution is 2.20. The molecule has 0 amide bonds. The molecule has 0 atom stereocenters. The van der Waals surface area contributed by atoms with E-state index in [4.69, 9.17) is 16.7 Å². The monoisotopic (exact) mass is 347 g/mol. The predicted octanol–water partition coefficient (Wildman–Crippen LogP) is 4.24. The highest BCUT2D eigenvalue weighted by Gasteiger charge is 2.10. The SMILES string of the molecule is CC(=O)CN(C=Cc1ccc(Cl)cc1F)c1cccc(C(=O)O)c1. The third kappa shape index (κ3) is 4.67. The van der Waals surface area contributed by atoms with Crippen molar-refractivity contribution in [3.05, 3.63) is 70.6 Å². The van der Waals surface area contributed by atoms with E-state index in [1.807, 2.05) is 0 Å². The van der Waals surface area contributed by atoms with Crippen molar-refractivity contribution < 1.29 is 19.1 Å². The number of anilines is 1. The molecule has 0 aromatic heterocycles. The molecule has 0 saturated carbocycles. The molecule has 0 aliphatic carbocycles. The molecule has 2 aromatic carbocycles. The summed E-state index contributed by atoms with van der Waals surface area (Å²) in [6.45, 7) is 1.46. The van der Waals surface area contributed by atoms with Crippen molar-refractivity contribution >= 4 is 35.1 Å². The summed E-state index contributed by atoms with van der Waals surface area (Å²) in [5, 5.41) is 9.37. The number of Topliss-reactive ketones (excluding diaryl/α,β-unsaturated/α-hetero) is 1. The fraction of sp³-hybridized carbons (Fsp3) is 0.111. The van der Waals surface area contributed by atoms with E-state index < -0.39 is 11.8 Å². The van der Waals surface area contributed by atoms with Crippen LogP contribution in [0.2, 0.25) is 5.02 Å². The Kier molecular flexibility index (Phi) is 5.71. The number of carboxylic acids is 1. The maximum absolute atomic E-state index is 13.8. The van der Waals surface area contributed by atoms with E-state index >= 15 is 0 Å². The average Bonchev–Trinajstić information content (AvgIpc) is 2.52. The van der Waals surface area contributed by atoms with Crippen molar-refractivity contribution in [3.63, 3.8) is 0 Å². The van der Waals surface area contributed by atoms with Crippen LogP contribution >= 0.6 is 11.6 Å². The number of nitrogens with zero attached hydrogens (tertiary/aromatic N) is 1. The number of carboxylic acid groups (broad SMARTS) is 1. The third-order valence-corrected chi connectivity index (χ3v) is 3.45. The van der Waals surface area contributed by atoms with Crippen LogP contribution in [-0.4, -0.2) is 23.4 Å². The number of rotatable bonds is 6. The Morgan fingerprint density at radius 3 is 2.62 bits per heavy atom. The van der Waals surface area contributed by atoms with E-state index in [2.05, 4.69) is 0 Å². The summed E-state index contributed by atoms with van der Waals surface area (Å²) in [4.78, 5) is 24.1. The van der Waals surface area contributed by atoms with E-state index in [0.717, 1.165) is 0 Å². The van der Waals surface area contributed by atoms with Crippen molar-refractivity contribution in [3.8, 4) is 0 Å². The topological polar surface area (TPSA) is 57.6 Å². The van der Waals surface area contributed by atoms with Crippen LogP contribution in [0.1, 0.15) is 22.8 Å². The van der Waals surface area contributed by atoms with Gasteiger partial charge >= 0.3 is 5.97 Å². The maximum Gasteiger partial charge on any atom is 0.335 e. The second-order valence-electron chi connectivity index (χ2n) is 5.17. The predicted molar refractivity (Wildman–Crippen MR) is 91.9 cm³/mol. The van der Waals surface area contributed by atoms with Gasteiger partial charge in [0.2, 0.25) is 0 Å². The highest BCUT2D eigenvalue weighted by molar-refractivity contribution is 6.30. The van der Waals surface area contributed by atoms with Crippen LogP contribution < -0.4 is 4.90 Å². The lowest BCUT2D eigenvalue weighted by Crippen LogP contribution is -2.23. The number of aromatic carboxylic acids is 1. The largest absolute Gasteiger partial charge is 0.478 e. The van der Waals surface area contributed by atoms with E-state index in [0.29, 0.717) is 16.3 Å². The Morgan fingerprint density at radius 1 is 1.25 bits per heavy atom. The Balaban J connectivity index is 2.34. The Morgan fingerprint density at radius 2 is 2.00 bits per heavy atom. The van der Waals surface area contributed by atoms with E-state index in [9.17, 15) is 14.0 Å². The minimum absolute atomic E-state index is 0.0365. The Hall–Kier alpha value is -2.66. The normalized spacial score (nSPS) is 10.8. The first kappa shape index (κ1) is 17.7. The first-order valence-electron chi connectivity index (χ1n) is 7.09. The van der Waals surface area contributed by atoms with Gasteiger partial charge in [0, 0.05) is 22.5 Å². The van der Waals surface area contributed by atoms with Gasteiger partial charge in [-0.1, -0.05) is 23.7 Å². The third-order valence-electron chi connectivity index (χ3n) is 3.21. The van der Waals surface area contributed by atoms with Gasteiger partial charge in [-0.25, -0.2) is 9.18 Å². The molecule has 1 N–H and O–H groups in total. The van der Waals surface area contributed by atoms with Gasteiger partial charge in [-0.2, -0.15) is 0 Å². The number of carbonyl (C=O) groups is 2. The van der Waals surface area contributed by atoms with Crippen LogP contribution in [0.15, 0.2) is 48.7 Å². The summed E-state index contributed by atoms with van der Waals surface area (Å²) in [6, 6.07) is 10.5. The zero-order chi connectivity index (χ0) is 17.7. The van der Waals surface area contributed by atoms with Gasteiger partial charge in [-0.05, 0) is 43.3 Å². The molecule has 0 aliphatic heterocycles. The molecule has 6 heteroatoms. The lowest BCUT2D eigenvalue weighted by Gasteiger charge is -2.19. The Bertz CT molecular complexity index is 805. The maximum atomic E-state index is 13.8. The molecular weight excluding hydrogens is 333 g/mol. The molecule has 0 aliphatic rings. The highest BCUT2D eigenvalue weighted by atomic mass is 35.5. The fourth-order valence-corrected chi connectivity index (χ4v) is 2.25. The lowest BCUT2D eigenvalue weighted by molar-refractivity contribution is -0.115. The van der Waals surface area contributed by atoms with Crippen molar-refractivity contribution in [1.29, 1.82) is 0 Å². The standard InChI is InChI=1S/C18H15ClFNO3/c1-12(22)11-21(16-4-2-3-14(9-16)18(23)24)8-7-13-5-6-15(19)10-17(13)20/h2-10H,11H2,1H3,(H,23,24). The summed E-state index contributed by atoms with van der Waals surface area (Å²) in [6.07, 6.45) is 3.04. The van der Waals surface area contributed by atoms with Crippen LogP contribution in [0.5, 0.6) is 0 Å². The summed E-state index contributed by atoms with van der Waals surface area (Å²) in [5.74, 6) is -1.66. The smallest absolute Gasteiger partial charge is 0.335 e. The first-order chi connectivity index (χ1) is 11.4. The molecule has 2 aromatic rings. The van der Waals surface area contributed by atoms with Crippen LogP contribution in [0.3, 0.4) is 0 Å². The minimum atomic E-state index is -1.06. The van der Waals surface area contributed by atoms with Crippen LogP contribution in [-0.2, 0) is 4.79 Å². The first-order valence-corrected chi connectivity index (χ1v) is 7.47. The number of carbonyl (C=O) groups excluding carboxylic acids is 1. The van der Waals surface area contributed by atoms with Gasteiger partial charge < -0.3 is 10.0 Å². The number of hydrogen-bond acceptors (Lipinski definition) is 3. The summed E-state index contributed by atoms with van der Waals surface area (Å²) in [7, 11) is 0. The minimum Gasteiger partial charge on any atom is -0.478 e. The summed E-state index contributed by atoms with van der Waals surface area (Å²) < 4.78 is 13.8. The molecular formula is C18H15ClFNO3. The molecule has 0 bridgehead atoms. The molecule has 0 saturated heterocycles. The second-order valence-corrected chi connectivity index (χ2v) is 5.60. The van der Waals surface area contributed by atoms with Gasteiger partial charge in [0.25, 0.3) is 0 Å². The van der Waals surface area contributed by atoms with E-state index in [-0.39, 0.29) is 17.9 Å². The molecule has 0 unspecified atom stereocenters. The van der Waals surface area contributed by atoms with Gasteiger partial charge in [-0.15, -0.1) is 0 Å². The summed E-state index contributed by atoms with van der Waals surface area (Å²) in [5.41, 5.74) is 0.935. The fourth-order valence-electron chi connectivity index (χ4n) is 2.09. The molecule has 0 heterocycles. The van der Waals surface area contributed by atoms with Gasteiger partial charge in [0.1, 0.15) is 11.6 Å². The van der Waals surface area contributed by atoms with Crippen molar-refractivity contribution in [1.82, 2.24) is 0 Å².